The molecule has 0 bridgehead atoms. The first-order valence-corrected chi connectivity index (χ1v) is 8.17. The highest BCUT2D eigenvalue weighted by molar-refractivity contribution is 7.99. The van der Waals surface area contributed by atoms with E-state index in [-0.39, 0.29) is 0 Å². The van der Waals surface area contributed by atoms with Gasteiger partial charge in [-0.1, -0.05) is 25.3 Å². The van der Waals surface area contributed by atoms with E-state index in [2.05, 4.69) is 29.3 Å². The average Bonchev–Trinajstić information content (AvgIpc) is 2.81. The van der Waals surface area contributed by atoms with Gasteiger partial charge in [-0.2, -0.15) is 11.8 Å². The lowest BCUT2D eigenvalue weighted by Gasteiger charge is -2.22. The van der Waals surface area contributed by atoms with Crippen molar-refractivity contribution >= 4 is 23.1 Å². The van der Waals surface area contributed by atoms with Crippen LogP contribution in [0, 0.1) is 0 Å². The van der Waals surface area contributed by atoms with Gasteiger partial charge in [0.1, 0.15) is 0 Å². The first-order chi connectivity index (χ1) is 7.84. The van der Waals surface area contributed by atoms with Gasteiger partial charge < -0.3 is 5.73 Å². The molecule has 1 aromatic rings. The summed E-state index contributed by atoms with van der Waals surface area (Å²) in [4.78, 5) is 1.43. The van der Waals surface area contributed by atoms with E-state index in [1.54, 1.807) is 0 Å². The second-order valence-corrected chi connectivity index (χ2v) is 7.00. The predicted octanol–water partition coefficient (Wildman–Crippen LogP) is 3.68. The Morgan fingerprint density at radius 3 is 2.88 bits per heavy atom. The fourth-order valence-corrected chi connectivity index (χ4v) is 4.34. The standard InChI is InChI=1S/C13H21NS2/c14-11(9-13-7-4-8-15-13)10-16-12-5-2-1-3-6-12/h4,7-8,11-12H,1-3,5-6,9-10,14H2. The molecule has 0 aliphatic heterocycles. The van der Waals surface area contributed by atoms with Crippen LogP contribution >= 0.6 is 23.1 Å². The molecule has 1 aromatic heterocycles. The zero-order valence-corrected chi connectivity index (χ0v) is 11.4. The molecular formula is C13H21NS2. The molecule has 1 nitrogen and oxygen atoms in total. The third kappa shape index (κ3) is 4.11. The van der Waals surface area contributed by atoms with Crippen LogP contribution in [0.3, 0.4) is 0 Å². The lowest BCUT2D eigenvalue weighted by Crippen LogP contribution is -2.26. The van der Waals surface area contributed by atoms with E-state index in [9.17, 15) is 0 Å². The summed E-state index contributed by atoms with van der Waals surface area (Å²) in [5, 5.41) is 3.03. The van der Waals surface area contributed by atoms with Crippen LogP contribution in [0.5, 0.6) is 0 Å². The van der Waals surface area contributed by atoms with E-state index in [0.717, 1.165) is 17.4 Å². The van der Waals surface area contributed by atoms with Crippen molar-refractivity contribution in [1.29, 1.82) is 0 Å². The summed E-state index contributed by atoms with van der Waals surface area (Å²) in [7, 11) is 0. The summed E-state index contributed by atoms with van der Waals surface area (Å²) >= 11 is 3.93. The number of thiophene rings is 1. The summed E-state index contributed by atoms with van der Waals surface area (Å²) in [6.07, 6.45) is 8.18. The molecule has 1 atom stereocenters. The van der Waals surface area contributed by atoms with E-state index in [0.29, 0.717) is 6.04 Å². The lowest BCUT2D eigenvalue weighted by molar-refractivity contribution is 0.515. The van der Waals surface area contributed by atoms with Crippen molar-refractivity contribution in [3.8, 4) is 0 Å². The molecular weight excluding hydrogens is 234 g/mol. The van der Waals surface area contributed by atoms with Gasteiger partial charge >= 0.3 is 0 Å². The van der Waals surface area contributed by atoms with Crippen molar-refractivity contribution < 1.29 is 0 Å². The summed E-state index contributed by atoms with van der Waals surface area (Å²) in [6, 6.07) is 4.64. The van der Waals surface area contributed by atoms with Gasteiger partial charge in [0.05, 0.1) is 0 Å². The van der Waals surface area contributed by atoms with E-state index < -0.39 is 0 Å². The molecule has 1 aliphatic rings. The largest absolute Gasteiger partial charge is 0.327 e. The molecule has 1 unspecified atom stereocenters. The monoisotopic (exact) mass is 255 g/mol. The fraction of sp³-hybridized carbons (Fsp3) is 0.692. The Morgan fingerprint density at radius 1 is 1.38 bits per heavy atom. The van der Waals surface area contributed by atoms with E-state index in [1.807, 2.05) is 11.3 Å². The highest BCUT2D eigenvalue weighted by Crippen LogP contribution is 2.28. The Hall–Kier alpha value is 0.01000. The highest BCUT2D eigenvalue weighted by atomic mass is 32.2. The van der Waals surface area contributed by atoms with Gasteiger partial charge in [-0.05, 0) is 30.7 Å². The van der Waals surface area contributed by atoms with E-state index >= 15 is 0 Å². The summed E-state index contributed by atoms with van der Waals surface area (Å²) in [5.41, 5.74) is 6.17. The zero-order valence-electron chi connectivity index (χ0n) is 9.73. The maximum Gasteiger partial charge on any atom is 0.0179 e. The quantitative estimate of drug-likeness (QED) is 0.868. The molecule has 0 aromatic carbocycles. The van der Waals surface area contributed by atoms with Crippen molar-refractivity contribution in [2.75, 3.05) is 5.75 Å². The number of hydrogen-bond acceptors (Lipinski definition) is 3. The number of rotatable bonds is 5. The van der Waals surface area contributed by atoms with E-state index in [4.69, 9.17) is 5.73 Å². The molecule has 16 heavy (non-hydrogen) atoms. The van der Waals surface area contributed by atoms with Gasteiger partial charge in [-0.3, -0.25) is 0 Å². The summed E-state index contributed by atoms with van der Waals surface area (Å²) in [5.74, 6) is 1.13. The predicted molar refractivity (Wildman–Crippen MR) is 75.3 cm³/mol. The molecule has 1 fully saturated rings. The molecule has 1 saturated carbocycles. The van der Waals surface area contributed by atoms with Crippen LogP contribution in [-0.2, 0) is 6.42 Å². The Balaban J connectivity index is 1.65. The van der Waals surface area contributed by atoms with Crippen LogP contribution in [0.1, 0.15) is 37.0 Å². The molecule has 0 amide bonds. The molecule has 3 heteroatoms. The normalized spacial score (nSPS) is 19.8. The van der Waals surface area contributed by atoms with Gasteiger partial charge in [0, 0.05) is 21.9 Å². The summed E-state index contributed by atoms with van der Waals surface area (Å²) < 4.78 is 0. The Bertz CT molecular complexity index is 278. The average molecular weight is 255 g/mol. The molecule has 2 rings (SSSR count). The Kier molecular flexibility index (Phi) is 5.20. The van der Waals surface area contributed by atoms with Crippen molar-refractivity contribution in [3.05, 3.63) is 22.4 Å². The van der Waals surface area contributed by atoms with Crippen LogP contribution in [0.15, 0.2) is 17.5 Å². The smallest absolute Gasteiger partial charge is 0.0179 e. The minimum absolute atomic E-state index is 0.338. The van der Waals surface area contributed by atoms with E-state index in [1.165, 1.54) is 37.0 Å². The maximum atomic E-state index is 6.17. The maximum absolute atomic E-state index is 6.17. The SMILES string of the molecule is NC(CSC1CCCCC1)Cc1cccs1. The minimum atomic E-state index is 0.338. The number of nitrogens with two attached hydrogens (primary N) is 1. The first kappa shape index (κ1) is 12.5. The topological polar surface area (TPSA) is 26.0 Å². The fourth-order valence-electron chi connectivity index (χ4n) is 2.24. The van der Waals surface area contributed by atoms with Gasteiger partial charge in [0.25, 0.3) is 0 Å². The van der Waals surface area contributed by atoms with Crippen molar-refractivity contribution in [2.45, 2.75) is 49.8 Å². The molecule has 1 aliphatic carbocycles. The molecule has 0 spiro atoms. The minimum Gasteiger partial charge on any atom is -0.327 e. The second-order valence-electron chi connectivity index (χ2n) is 4.64. The highest BCUT2D eigenvalue weighted by Gasteiger charge is 2.15. The molecule has 2 N–H and O–H groups in total. The van der Waals surface area contributed by atoms with Gasteiger partial charge in [-0.25, -0.2) is 0 Å². The van der Waals surface area contributed by atoms with Gasteiger partial charge in [0.15, 0.2) is 0 Å². The Morgan fingerprint density at radius 2 is 2.19 bits per heavy atom. The number of thioether (sulfide) groups is 1. The molecule has 90 valence electrons. The zero-order chi connectivity index (χ0) is 11.2. The molecule has 0 radical (unpaired) electrons. The second kappa shape index (κ2) is 6.67. The van der Waals surface area contributed by atoms with Crippen LogP contribution in [-0.4, -0.2) is 17.0 Å². The number of hydrogen-bond donors (Lipinski definition) is 1. The third-order valence-corrected chi connectivity index (χ3v) is 5.60. The van der Waals surface area contributed by atoms with Crippen LogP contribution in [0.25, 0.3) is 0 Å². The van der Waals surface area contributed by atoms with Gasteiger partial charge in [0.2, 0.25) is 0 Å². The van der Waals surface area contributed by atoms with Crippen molar-refractivity contribution in [3.63, 3.8) is 0 Å². The van der Waals surface area contributed by atoms with Crippen LogP contribution < -0.4 is 5.73 Å². The lowest BCUT2D eigenvalue weighted by atomic mass is 10.0. The summed E-state index contributed by atoms with van der Waals surface area (Å²) in [6.45, 7) is 0. The third-order valence-electron chi connectivity index (χ3n) is 3.14. The van der Waals surface area contributed by atoms with Crippen molar-refractivity contribution in [1.82, 2.24) is 0 Å². The first-order valence-electron chi connectivity index (χ1n) is 6.24. The van der Waals surface area contributed by atoms with Crippen LogP contribution in [0.2, 0.25) is 0 Å². The molecule has 1 heterocycles. The van der Waals surface area contributed by atoms with Crippen LogP contribution in [0.4, 0.5) is 0 Å². The Labute approximate surface area is 107 Å². The molecule has 0 saturated heterocycles. The van der Waals surface area contributed by atoms with Gasteiger partial charge in [-0.15, -0.1) is 11.3 Å². The van der Waals surface area contributed by atoms with Crippen molar-refractivity contribution in [2.24, 2.45) is 5.73 Å².